The fourth-order valence-electron chi connectivity index (χ4n) is 7.20. The van der Waals surface area contributed by atoms with Crippen LogP contribution in [0.3, 0.4) is 0 Å². The maximum absolute atomic E-state index is 7.00. The fraction of sp³-hybridized carbons (Fsp3) is 1.00. The maximum Gasteiger partial charge on any atom is 0.114 e. The van der Waals surface area contributed by atoms with Crippen molar-refractivity contribution in [1.29, 1.82) is 0 Å². The Hall–Kier alpha value is -0.200. The van der Waals surface area contributed by atoms with Gasteiger partial charge in [-0.2, -0.15) is 0 Å². The quantitative estimate of drug-likeness (QED) is 0.0691. The minimum atomic E-state index is -0.512. The lowest BCUT2D eigenvalue weighted by Crippen LogP contribution is -2.48. The third-order valence-electron chi connectivity index (χ3n) is 11.5. The molecule has 0 aliphatic carbocycles. The fourth-order valence-corrected chi connectivity index (χ4v) is 7.20. The van der Waals surface area contributed by atoms with Crippen molar-refractivity contribution in [2.24, 2.45) is 71.0 Å². The Morgan fingerprint density at radius 3 is 0.784 bits per heavy atom. The summed E-state index contributed by atoms with van der Waals surface area (Å²) in [5.41, 5.74) is -1.02. The van der Waals surface area contributed by atoms with Gasteiger partial charge in [0.1, 0.15) is 11.2 Å². The highest BCUT2D eigenvalue weighted by atomic mass is 16.6. The topological polar surface area (TPSA) is 46.2 Å². The van der Waals surface area contributed by atoms with Crippen molar-refractivity contribution in [3.63, 3.8) is 0 Å². The Bertz CT molecular complexity index is 754. The van der Waals surface area contributed by atoms with Crippen LogP contribution in [0.1, 0.15) is 163 Å². The normalized spacial score (nSPS) is 17.8. The number of rotatable bonds is 32. The zero-order valence-electron chi connectivity index (χ0n) is 37.9. The Morgan fingerprint density at radius 1 is 0.333 bits per heavy atom. The Kier molecular flexibility index (Phi) is 26.5. The van der Waals surface area contributed by atoms with Crippen LogP contribution in [0.2, 0.25) is 0 Å². The van der Waals surface area contributed by atoms with Crippen LogP contribution >= 0.6 is 0 Å². The third kappa shape index (κ3) is 22.1. The van der Waals surface area contributed by atoms with E-state index in [9.17, 15) is 0 Å². The summed E-state index contributed by atoms with van der Waals surface area (Å²) in [6.07, 6.45) is 6.35. The zero-order valence-corrected chi connectivity index (χ0v) is 37.9. The molecule has 0 radical (unpaired) electrons. The molecule has 0 aromatic heterocycles. The van der Waals surface area contributed by atoms with E-state index in [0.29, 0.717) is 97.4 Å². The minimum Gasteiger partial charge on any atom is -0.378 e. The molecule has 0 rings (SSSR count). The van der Waals surface area contributed by atoms with Crippen LogP contribution in [0.4, 0.5) is 0 Å². The van der Waals surface area contributed by atoms with E-state index < -0.39 is 11.2 Å². The third-order valence-corrected chi connectivity index (χ3v) is 11.5. The molecule has 0 saturated heterocycles. The molecule has 6 atom stereocenters. The highest BCUT2D eigenvalue weighted by Gasteiger charge is 2.37. The summed E-state index contributed by atoms with van der Waals surface area (Å²) in [6.45, 7) is 46.7. The van der Waals surface area contributed by atoms with Gasteiger partial charge in [-0.3, -0.25) is 0 Å². The van der Waals surface area contributed by atoms with Gasteiger partial charge in [-0.05, 0) is 110 Å². The predicted octanol–water partition coefficient (Wildman–Crippen LogP) is 12.6. The summed E-state index contributed by atoms with van der Waals surface area (Å²) in [4.78, 5) is 0. The van der Waals surface area contributed by atoms with Crippen molar-refractivity contribution in [2.45, 2.75) is 174 Å². The van der Waals surface area contributed by atoms with E-state index in [-0.39, 0.29) is 0 Å². The second-order valence-corrected chi connectivity index (χ2v) is 19.8. The van der Waals surface area contributed by atoms with Gasteiger partial charge in [-0.1, -0.05) is 125 Å². The molecule has 5 nitrogen and oxygen atoms in total. The van der Waals surface area contributed by atoms with Gasteiger partial charge in [0.25, 0.3) is 0 Å². The van der Waals surface area contributed by atoms with Gasteiger partial charge in [0, 0.05) is 13.2 Å². The first-order chi connectivity index (χ1) is 23.7. The van der Waals surface area contributed by atoms with Crippen molar-refractivity contribution in [2.75, 3.05) is 52.9 Å². The minimum absolute atomic E-state index is 0.485. The van der Waals surface area contributed by atoms with Crippen LogP contribution in [0.5, 0.6) is 0 Å². The van der Waals surface area contributed by atoms with E-state index in [1.807, 2.05) is 0 Å². The van der Waals surface area contributed by atoms with E-state index in [1.165, 1.54) is 12.8 Å². The molecule has 0 aromatic carbocycles. The lowest BCUT2D eigenvalue weighted by atomic mass is 9.88. The van der Waals surface area contributed by atoms with Gasteiger partial charge in [-0.15, -0.1) is 0 Å². The van der Waals surface area contributed by atoms with Gasteiger partial charge in [0.15, 0.2) is 0 Å². The van der Waals surface area contributed by atoms with Crippen molar-refractivity contribution < 1.29 is 23.7 Å². The van der Waals surface area contributed by atoms with Crippen LogP contribution in [0, 0.1) is 71.0 Å². The molecule has 0 aliphatic rings. The van der Waals surface area contributed by atoms with Gasteiger partial charge >= 0.3 is 0 Å². The molecule has 0 aromatic rings. The average molecular weight is 727 g/mol. The molecule has 0 amide bonds. The molecule has 0 bridgehead atoms. The summed E-state index contributed by atoms with van der Waals surface area (Å²) < 4.78 is 34.1. The molecule has 0 saturated carbocycles. The largest absolute Gasteiger partial charge is 0.378 e. The summed E-state index contributed by atoms with van der Waals surface area (Å²) in [7, 11) is 0. The Labute approximate surface area is 321 Å². The van der Waals surface area contributed by atoms with E-state index in [0.717, 1.165) is 52.1 Å². The van der Waals surface area contributed by atoms with Crippen LogP contribution in [-0.2, 0) is 23.7 Å². The van der Waals surface area contributed by atoms with E-state index >= 15 is 0 Å². The number of hydrogen-bond acceptors (Lipinski definition) is 5. The monoisotopic (exact) mass is 727 g/mol. The Balaban J connectivity index is 6.27. The molecule has 0 aliphatic heterocycles. The summed E-state index contributed by atoms with van der Waals surface area (Å²) >= 11 is 0. The summed E-state index contributed by atoms with van der Waals surface area (Å²) in [5.74, 6) is 6.93. The van der Waals surface area contributed by atoms with Gasteiger partial charge in [-0.25, -0.2) is 0 Å². The summed E-state index contributed by atoms with van der Waals surface area (Å²) in [6, 6.07) is 0. The molecular weight excluding hydrogens is 633 g/mol. The van der Waals surface area contributed by atoms with Crippen LogP contribution < -0.4 is 0 Å². The van der Waals surface area contributed by atoms with Crippen molar-refractivity contribution in [3.05, 3.63) is 0 Å². The van der Waals surface area contributed by atoms with Crippen molar-refractivity contribution in [3.8, 4) is 0 Å². The molecule has 0 N–H and O–H groups in total. The molecule has 5 heteroatoms. The molecule has 0 fully saturated rings. The second kappa shape index (κ2) is 26.6. The molecule has 308 valence electrons. The molecule has 0 spiro atoms. The van der Waals surface area contributed by atoms with Crippen molar-refractivity contribution in [1.82, 2.24) is 0 Å². The first kappa shape index (κ1) is 50.8. The van der Waals surface area contributed by atoms with Gasteiger partial charge < -0.3 is 23.7 Å². The van der Waals surface area contributed by atoms with E-state index in [4.69, 9.17) is 23.7 Å². The predicted molar refractivity (Wildman–Crippen MR) is 222 cm³/mol. The van der Waals surface area contributed by atoms with Crippen molar-refractivity contribution >= 4 is 0 Å². The molecular formula is C46H94O5. The van der Waals surface area contributed by atoms with Crippen LogP contribution in [-0.4, -0.2) is 64.1 Å². The SMILES string of the molecule is CCC(COCC(CC(C)C)C(C)C)(COCC(CC)(COCC(CC(C)C)C(C)C)OCC(CC(C)C)C(C)C)OCC(CC(C)C)C(C)C. The standard InChI is InChI=1S/C46H94O5/c1-19-45(50-27-43(39(15)16)23-35(7)8,29-47-25-41(37(11)12)21-33(3)4)31-49-32-46(20-2,51-28-44(40(17)18)24-36(9)10)30-48-26-42(38(13)14)22-34(5)6/h33-44H,19-32H2,1-18H3. The lowest BCUT2D eigenvalue weighted by Gasteiger charge is -2.39. The number of hydrogen-bond donors (Lipinski definition) is 0. The maximum atomic E-state index is 7.00. The van der Waals surface area contributed by atoms with Crippen LogP contribution in [0.25, 0.3) is 0 Å². The zero-order chi connectivity index (χ0) is 39.4. The first-order valence-electron chi connectivity index (χ1n) is 21.7. The Morgan fingerprint density at radius 2 is 0.569 bits per heavy atom. The molecule has 6 unspecified atom stereocenters. The highest BCUT2D eigenvalue weighted by Crippen LogP contribution is 2.30. The molecule has 0 heterocycles. The second-order valence-electron chi connectivity index (χ2n) is 19.8. The molecule has 51 heavy (non-hydrogen) atoms. The first-order valence-corrected chi connectivity index (χ1v) is 21.7. The lowest BCUT2D eigenvalue weighted by molar-refractivity contribution is -0.187. The number of ether oxygens (including phenoxy) is 5. The van der Waals surface area contributed by atoms with Gasteiger partial charge in [0.05, 0.1) is 39.6 Å². The van der Waals surface area contributed by atoms with E-state index in [1.54, 1.807) is 0 Å². The van der Waals surface area contributed by atoms with E-state index in [2.05, 4.69) is 125 Å². The smallest absolute Gasteiger partial charge is 0.114 e. The summed E-state index contributed by atoms with van der Waals surface area (Å²) in [5, 5.41) is 0. The van der Waals surface area contributed by atoms with Crippen LogP contribution in [0.15, 0.2) is 0 Å². The average Bonchev–Trinajstić information content (AvgIpc) is 3.02. The van der Waals surface area contributed by atoms with Gasteiger partial charge in [0.2, 0.25) is 0 Å². The highest BCUT2D eigenvalue weighted by molar-refractivity contribution is 4.85.